The first kappa shape index (κ1) is 28.8. The Morgan fingerprint density at radius 3 is 1.97 bits per heavy atom. The van der Waals surface area contributed by atoms with Crippen molar-refractivity contribution in [3.8, 4) is 6.07 Å². The maximum absolute atomic E-state index is 13.4. The Morgan fingerprint density at radius 2 is 1.62 bits per heavy atom. The number of carboxylic acid groups (broad SMARTS) is 2. The van der Waals surface area contributed by atoms with Crippen LogP contribution in [0.2, 0.25) is 0 Å². The van der Waals surface area contributed by atoms with Crippen LogP contribution in [0.15, 0.2) is 35.6 Å². The third kappa shape index (κ3) is 8.89. The van der Waals surface area contributed by atoms with Crippen molar-refractivity contribution in [3.63, 3.8) is 0 Å². The van der Waals surface area contributed by atoms with Gasteiger partial charge in [0.25, 0.3) is 0 Å². The van der Waals surface area contributed by atoms with E-state index in [0.717, 1.165) is 6.08 Å². The van der Waals surface area contributed by atoms with Gasteiger partial charge in [-0.15, -0.1) is 0 Å². The summed E-state index contributed by atoms with van der Waals surface area (Å²) in [6.07, 6.45) is -12.9. The summed E-state index contributed by atoms with van der Waals surface area (Å²) in [7, 11) is 0. The molecule has 0 aliphatic carbocycles. The Bertz CT molecular complexity index is 796. The maximum atomic E-state index is 13.4. The van der Waals surface area contributed by atoms with Gasteiger partial charge in [-0.3, -0.25) is 4.84 Å². The second kappa shape index (κ2) is 11.4. The summed E-state index contributed by atoms with van der Waals surface area (Å²) >= 11 is 0. The van der Waals surface area contributed by atoms with E-state index >= 15 is 0 Å². The molecule has 1 rings (SSSR count). The van der Waals surface area contributed by atoms with Crippen molar-refractivity contribution >= 4 is 11.9 Å². The number of hydrogen-bond acceptors (Lipinski definition) is 6. The van der Waals surface area contributed by atoms with Crippen LogP contribution in [0.25, 0.3) is 0 Å². The molecule has 0 amide bonds. The minimum atomic E-state index is -6.04. The van der Waals surface area contributed by atoms with Crippen LogP contribution in [0.5, 0.6) is 0 Å². The van der Waals surface area contributed by atoms with Gasteiger partial charge < -0.3 is 15.9 Å². The molecule has 1 heterocycles. The first-order valence-electron chi connectivity index (χ1n) is 8.08. The Kier molecular flexibility index (Phi) is 10.3. The van der Waals surface area contributed by atoms with Crippen molar-refractivity contribution in [2.75, 3.05) is 13.1 Å². The SMILES string of the molecule is N#CC1=CC=C(C(F)(F)F)N(OC(CCN)C(F)(F)C(F)(F)F)C1.O=C(O)/C=C/C(=O)O. The number of hydroxylamine groups is 2. The van der Waals surface area contributed by atoms with Gasteiger partial charge in [0.15, 0.2) is 6.10 Å². The van der Waals surface area contributed by atoms with E-state index in [4.69, 9.17) is 21.2 Å². The number of allylic oxidation sites excluding steroid dienone is 3. The van der Waals surface area contributed by atoms with E-state index in [1.54, 1.807) is 0 Å². The number of aliphatic carboxylic acids is 2. The highest BCUT2D eigenvalue weighted by Gasteiger charge is 2.63. The lowest BCUT2D eigenvalue weighted by molar-refractivity contribution is -0.350. The molecule has 8 nitrogen and oxygen atoms in total. The molecular weight excluding hydrogens is 466 g/mol. The fourth-order valence-corrected chi connectivity index (χ4v) is 1.89. The molecule has 0 aromatic heterocycles. The highest BCUT2D eigenvalue weighted by molar-refractivity contribution is 5.89. The molecule has 0 aromatic rings. The van der Waals surface area contributed by atoms with E-state index in [-0.39, 0.29) is 10.6 Å². The van der Waals surface area contributed by atoms with Gasteiger partial charge in [0.2, 0.25) is 0 Å². The molecule has 0 aromatic carbocycles. The molecule has 1 aliphatic rings. The van der Waals surface area contributed by atoms with E-state index < -0.39 is 61.5 Å². The van der Waals surface area contributed by atoms with Gasteiger partial charge in [0.1, 0.15) is 5.70 Å². The van der Waals surface area contributed by atoms with Gasteiger partial charge in [-0.1, -0.05) is 0 Å². The summed E-state index contributed by atoms with van der Waals surface area (Å²) in [5.41, 5.74) is 3.02. The van der Waals surface area contributed by atoms with Gasteiger partial charge in [-0.05, 0) is 25.1 Å². The smallest absolute Gasteiger partial charge is 0.456 e. The van der Waals surface area contributed by atoms with Gasteiger partial charge in [-0.25, -0.2) is 14.7 Å². The van der Waals surface area contributed by atoms with Crippen molar-refractivity contribution in [1.29, 1.82) is 5.26 Å². The van der Waals surface area contributed by atoms with Crippen LogP contribution in [0, 0.1) is 11.3 Å². The number of rotatable bonds is 7. The highest BCUT2D eigenvalue weighted by atomic mass is 19.4. The van der Waals surface area contributed by atoms with E-state index in [1.807, 2.05) is 0 Å². The summed E-state index contributed by atoms with van der Waals surface area (Å²) in [4.78, 5) is 23.4. The standard InChI is InChI=1S/C12H11F8N3O.C4H4O4/c13-10(14,12(18,19)20)9(3-4-21)24-23-6-7(5-22)1-2-8(23)11(15,16)17;5-3(6)1-2-4(7)8/h1-2,9H,3-4,6,21H2;1-2H,(H,5,6)(H,7,8)/b;2-1+. The highest BCUT2D eigenvalue weighted by Crippen LogP contribution is 2.42. The minimum Gasteiger partial charge on any atom is -0.478 e. The number of carboxylic acids is 2. The molecule has 1 aliphatic heterocycles. The van der Waals surface area contributed by atoms with Crippen LogP contribution < -0.4 is 5.73 Å². The first-order chi connectivity index (χ1) is 14.5. The Labute approximate surface area is 174 Å². The van der Waals surface area contributed by atoms with Crippen molar-refractivity contribution in [2.45, 2.75) is 30.8 Å². The molecule has 1 atom stereocenters. The zero-order chi connectivity index (χ0) is 25.3. The lowest BCUT2D eigenvalue weighted by atomic mass is 10.1. The molecule has 0 fully saturated rings. The molecule has 0 saturated carbocycles. The minimum absolute atomic E-state index is 0.196. The van der Waals surface area contributed by atoms with E-state index in [0.29, 0.717) is 18.2 Å². The molecule has 0 bridgehead atoms. The summed E-state index contributed by atoms with van der Waals surface area (Å²) < 4.78 is 103. The van der Waals surface area contributed by atoms with Gasteiger partial charge in [-0.2, -0.15) is 40.4 Å². The van der Waals surface area contributed by atoms with Crippen molar-refractivity contribution in [3.05, 3.63) is 35.6 Å². The Morgan fingerprint density at radius 1 is 1.12 bits per heavy atom. The summed E-state index contributed by atoms with van der Waals surface area (Å²) in [5, 5.41) is 24.1. The predicted molar refractivity (Wildman–Crippen MR) is 88.5 cm³/mol. The van der Waals surface area contributed by atoms with E-state index in [1.165, 1.54) is 6.07 Å². The second-order valence-electron chi connectivity index (χ2n) is 5.69. The molecule has 4 N–H and O–H groups in total. The average molecular weight is 481 g/mol. The molecule has 32 heavy (non-hydrogen) atoms. The van der Waals surface area contributed by atoms with Crippen LogP contribution in [0.3, 0.4) is 0 Å². The second-order valence-corrected chi connectivity index (χ2v) is 5.69. The fourth-order valence-electron chi connectivity index (χ4n) is 1.89. The normalized spacial score (nSPS) is 15.8. The molecule has 0 radical (unpaired) electrons. The van der Waals surface area contributed by atoms with E-state index in [9.17, 15) is 44.7 Å². The predicted octanol–water partition coefficient (Wildman–Crippen LogP) is 2.76. The van der Waals surface area contributed by atoms with Gasteiger partial charge in [0, 0.05) is 12.2 Å². The molecule has 0 spiro atoms. The third-order valence-electron chi connectivity index (χ3n) is 3.29. The fraction of sp³-hybridized carbons (Fsp3) is 0.438. The number of nitrogens with zero attached hydrogens (tertiary/aromatic N) is 2. The van der Waals surface area contributed by atoms with Crippen molar-refractivity contribution in [2.24, 2.45) is 5.73 Å². The topological polar surface area (TPSA) is 137 Å². The van der Waals surface area contributed by atoms with Crippen LogP contribution in [-0.2, 0) is 14.4 Å². The van der Waals surface area contributed by atoms with Gasteiger partial charge in [0.05, 0.1) is 18.2 Å². The lowest BCUT2D eigenvalue weighted by Gasteiger charge is -2.35. The first-order valence-corrected chi connectivity index (χ1v) is 8.08. The molecule has 16 heteroatoms. The van der Waals surface area contributed by atoms with Crippen LogP contribution in [-0.4, -0.2) is 64.7 Å². The number of carbonyl (C=O) groups is 2. The maximum Gasteiger partial charge on any atom is 0.456 e. The lowest BCUT2D eigenvalue weighted by Crippen LogP contribution is -2.52. The number of alkyl halides is 8. The molecule has 0 saturated heterocycles. The Balaban J connectivity index is 0.00000102. The van der Waals surface area contributed by atoms with Crippen LogP contribution in [0.1, 0.15) is 6.42 Å². The monoisotopic (exact) mass is 481 g/mol. The molecule has 180 valence electrons. The zero-order valence-corrected chi connectivity index (χ0v) is 15.6. The van der Waals surface area contributed by atoms with Gasteiger partial charge >= 0.3 is 30.2 Å². The number of nitriles is 1. The Hall–Kier alpha value is -3.19. The number of hydrogen-bond donors (Lipinski definition) is 3. The molecular formula is C16H15F8N3O5. The van der Waals surface area contributed by atoms with Crippen molar-refractivity contribution < 1.29 is 59.8 Å². The summed E-state index contributed by atoms with van der Waals surface area (Å²) in [6.45, 7) is -1.62. The quantitative estimate of drug-likeness (QED) is 0.373. The average Bonchev–Trinajstić information content (AvgIpc) is 2.64. The summed E-state index contributed by atoms with van der Waals surface area (Å²) in [5.74, 6) is -7.95. The largest absolute Gasteiger partial charge is 0.478 e. The third-order valence-corrected chi connectivity index (χ3v) is 3.29. The van der Waals surface area contributed by atoms with Crippen LogP contribution >= 0.6 is 0 Å². The zero-order valence-electron chi connectivity index (χ0n) is 15.6. The summed E-state index contributed by atoms with van der Waals surface area (Å²) in [6, 6.07) is 1.47. The number of halogens is 8. The van der Waals surface area contributed by atoms with E-state index in [2.05, 4.69) is 4.84 Å². The molecule has 1 unspecified atom stereocenters. The van der Waals surface area contributed by atoms with Crippen LogP contribution in [0.4, 0.5) is 35.1 Å². The van der Waals surface area contributed by atoms with Crippen molar-refractivity contribution in [1.82, 2.24) is 5.06 Å². The number of nitrogens with two attached hydrogens (primary N) is 1.